The van der Waals surface area contributed by atoms with Crippen molar-refractivity contribution in [3.8, 4) is 0 Å². The van der Waals surface area contributed by atoms with Gasteiger partial charge in [0.25, 0.3) is 0 Å². The van der Waals surface area contributed by atoms with Crippen LogP contribution in [-0.2, 0) is 17.6 Å². The second-order valence-corrected chi connectivity index (χ2v) is 8.61. The molecule has 0 N–H and O–H groups in total. The number of halogens is 1. The van der Waals surface area contributed by atoms with E-state index in [4.69, 9.17) is 0 Å². The van der Waals surface area contributed by atoms with Crippen molar-refractivity contribution in [3.05, 3.63) is 65.7 Å². The summed E-state index contributed by atoms with van der Waals surface area (Å²) in [4.78, 5) is 21.4. The van der Waals surface area contributed by atoms with Crippen molar-refractivity contribution in [1.29, 1.82) is 0 Å². The maximum atomic E-state index is 13.4. The first-order valence-corrected chi connectivity index (χ1v) is 10.8. The van der Waals surface area contributed by atoms with E-state index in [1.165, 1.54) is 6.07 Å². The van der Waals surface area contributed by atoms with Gasteiger partial charge in [-0.05, 0) is 74.0 Å². The first-order valence-electron chi connectivity index (χ1n) is 10.8. The summed E-state index contributed by atoms with van der Waals surface area (Å²) >= 11 is 0. The summed E-state index contributed by atoms with van der Waals surface area (Å²) in [5.41, 5.74) is 2.38. The van der Waals surface area contributed by atoms with E-state index in [0.29, 0.717) is 12.3 Å². The third-order valence-electron chi connectivity index (χ3n) is 6.63. The molecule has 0 unspecified atom stereocenters. The highest BCUT2D eigenvalue weighted by Crippen LogP contribution is 2.40. The van der Waals surface area contributed by atoms with Gasteiger partial charge in [0.2, 0.25) is 5.91 Å². The van der Waals surface area contributed by atoms with Crippen LogP contribution in [-0.4, -0.2) is 53.4 Å². The van der Waals surface area contributed by atoms with Gasteiger partial charge in [0.1, 0.15) is 5.82 Å². The lowest BCUT2D eigenvalue weighted by Crippen LogP contribution is -2.52. The Kier molecular flexibility index (Phi) is 6.24. The van der Waals surface area contributed by atoms with Gasteiger partial charge in [-0.3, -0.25) is 9.78 Å². The zero-order valence-electron chi connectivity index (χ0n) is 17.0. The molecule has 2 aromatic rings. The lowest BCUT2D eigenvalue weighted by atomic mass is 9.72. The molecule has 0 aliphatic carbocycles. The number of hydrogen-bond donors (Lipinski definition) is 0. The third kappa shape index (κ3) is 5.21. The Morgan fingerprint density at radius 3 is 2.62 bits per heavy atom. The number of nitrogens with zero attached hydrogens (tertiary/aromatic N) is 3. The minimum atomic E-state index is -0.155. The van der Waals surface area contributed by atoms with Gasteiger partial charge in [0.05, 0.1) is 0 Å². The average molecular weight is 396 g/mol. The molecule has 5 heteroatoms. The van der Waals surface area contributed by atoms with Crippen molar-refractivity contribution in [2.45, 2.75) is 38.5 Å². The van der Waals surface area contributed by atoms with Crippen LogP contribution in [0, 0.1) is 11.2 Å². The van der Waals surface area contributed by atoms with Gasteiger partial charge in [-0.15, -0.1) is 0 Å². The molecule has 1 aromatic heterocycles. The molecule has 1 spiro atoms. The normalized spacial score (nSPS) is 19.6. The van der Waals surface area contributed by atoms with Gasteiger partial charge < -0.3 is 9.80 Å². The number of aromatic nitrogens is 1. The Bertz CT molecular complexity index is 818. The van der Waals surface area contributed by atoms with E-state index >= 15 is 0 Å². The summed E-state index contributed by atoms with van der Waals surface area (Å²) in [5, 5.41) is 0. The minimum Gasteiger partial charge on any atom is -0.342 e. The standard InChI is InChI=1S/C24H30FN3O/c25-21-5-3-4-20(18-21)8-14-27-16-11-24(12-17-27)10-7-23(29)28(19-24)15-9-22-6-1-2-13-26-22/h1-6,13,18H,7-12,14-17,19H2. The van der Waals surface area contributed by atoms with Crippen LogP contribution in [0.2, 0.25) is 0 Å². The zero-order chi connectivity index (χ0) is 20.1. The highest BCUT2D eigenvalue weighted by Gasteiger charge is 2.40. The fourth-order valence-electron chi connectivity index (χ4n) is 4.74. The summed E-state index contributed by atoms with van der Waals surface area (Å²) in [7, 11) is 0. The second-order valence-electron chi connectivity index (χ2n) is 8.61. The highest BCUT2D eigenvalue weighted by atomic mass is 19.1. The molecule has 0 radical (unpaired) electrons. The van der Waals surface area contributed by atoms with Crippen LogP contribution in [0.4, 0.5) is 4.39 Å². The molecule has 2 saturated heterocycles. The molecule has 0 saturated carbocycles. The first-order chi connectivity index (χ1) is 14.1. The fourth-order valence-corrected chi connectivity index (χ4v) is 4.74. The molecule has 1 aromatic carbocycles. The molecule has 2 aliphatic rings. The molecule has 0 bridgehead atoms. The van der Waals surface area contributed by atoms with Crippen molar-refractivity contribution < 1.29 is 9.18 Å². The van der Waals surface area contributed by atoms with Gasteiger partial charge in [-0.2, -0.15) is 0 Å². The van der Waals surface area contributed by atoms with Crippen molar-refractivity contribution in [2.24, 2.45) is 5.41 Å². The van der Waals surface area contributed by atoms with Crippen LogP contribution in [0.15, 0.2) is 48.7 Å². The van der Waals surface area contributed by atoms with Crippen molar-refractivity contribution in [1.82, 2.24) is 14.8 Å². The number of carbonyl (C=O) groups excluding carboxylic acids is 1. The van der Waals surface area contributed by atoms with E-state index in [1.807, 2.05) is 30.5 Å². The molecule has 2 fully saturated rings. The molecule has 1 amide bonds. The maximum absolute atomic E-state index is 13.4. The Balaban J connectivity index is 1.27. The molecule has 4 nitrogen and oxygen atoms in total. The molecule has 154 valence electrons. The number of likely N-dealkylation sites (tertiary alicyclic amines) is 2. The third-order valence-corrected chi connectivity index (χ3v) is 6.63. The number of carbonyl (C=O) groups is 1. The van der Waals surface area contributed by atoms with Gasteiger partial charge in [0.15, 0.2) is 0 Å². The number of hydrogen-bond acceptors (Lipinski definition) is 3. The van der Waals surface area contributed by atoms with Gasteiger partial charge in [-0.25, -0.2) is 4.39 Å². The van der Waals surface area contributed by atoms with E-state index in [9.17, 15) is 9.18 Å². The summed E-state index contributed by atoms with van der Waals surface area (Å²) < 4.78 is 13.4. The van der Waals surface area contributed by atoms with Crippen LogP contribution >= 0.6 is 0 Å². The van der Waals surface area contributed by atoms with E-state index in [0.717, 1.165) is 76.1 Å². The summed E-state index contributed by atoms with van der Waals surface area (Å²) in [5.74, 6) is 0.137. The maximum Gasteiger partial charge on any atom is 0.222 e. The Morgan fingerprint density at radius 1 is 1.00 bits per heavy atom. The number of amides is 1. The second kappa shape index (κ2) is 9.04. The smallest absolute Gasteiger partial charge is 0.222 e. The topological polar surface area (TPSA) is 36.4 Å². The predicted octanol–water partition coefficient (Wildman–Crippen LogP) is 3.71. The molecule has 3 heterocycles. The van der Waals surface area contributed by atoms with Gasteiger partial charge in [0, 0.05) is 44.4 Å². The van der Waals surface area contributed by atoms with Gasteiger partial charge in [-0.1, -0.05) is 18.2 Å². The van der Waals surface area contributed by atoms with Crippen molar-refractivity contribution in [3.63, 3.8) is 0 Å². The SMILES string of the molecule is O=C1CCC2(CCN(CCc3cccc(F)c3)CC2)CN1CCc1ccccn1. The lowest BCUT2D eigenvalue weighted by Gasteiger charge is -2.47. The Hall–Kier alpha value is -2.27. The molecule has 2 aliphatic heterocycles. The predicted molar refractivity (Wildman–Crippen MR) is 112 cm³/mol. The quantitative estimate of drug-likeness (QED) is 0.748. The largest absolute Gasteiger partial charge is 0.342 e. The zero-order valence-corrected chi connectivity index (χ0v) is 17.0. The molecule has 0 atom stereocenters. The first kappa shape index (κ1) is 20.0. The van der Waals surface area contributed by atoms with Crippen LogP contribution in [0.25, 0.3) is 0 Å². The molecule has 4 rings (SSSR count). The summed E-state index contributed by atoms with van der Waals surface area (Å²) in [6.45, 7) is 4.76. The summed E-state index contributed by atoms with van der Waals surface area (Å²) in [6.07, 6.45) is 7.50. The fraction of sp³-hybridized carbons (Fsp3) is 0.500. The van der Waals surface area contributed by atoms with E-state index in [-0.39, 0.29) is 11.2 Å². The monoisotopic (exact) mass is 395 g/mol. The lowest BCUT2D eigenvalue weighted by molar-refractivity contribution is -0.139. The van der Waals surface area contributed by atoms with Crippen LogP contribution < -0.4 is 0 Å². The molecule has 29 heavy (non-hydrogen) atoms. The van der Waals surface area contributed by atoms with E-state index in [2.05, 4.69) is 14.8 Å². The van der Waals surface area contributed by atoms with Crippen LogP contribution in [0.5, 0.6) is 0 Å². The average Bonchev–Trinajstić information content (AvgIpc) is 2.75. The number of piperidine rings is 2. The Morgan fingerprint density at radius 2 is 1.86 bits per heavy atom. The van der Waals surface area contributed by atoms with Crippen molar-refractivity contribution >= 4 is 5.91 Å². The molecular formula is C24H30FN3O. The van der Waals surface area contributed by atoms with E-state index in [1.54, 1.807) is 12.1 Å². The van der Waals surface area contributed by atoms with Crippen LogP contribution in [0.1, 0.15) is 36.9 Å². The Labute approximate surface area is 172 Å². The highest BCUT2D eigenvalue weighted by molar-refractivity contribution is 5.77. The molecular weight excluding hydrogens is 365 g/mol. The minimum absolute atomic E-state index is 0.155. The number of pyridine rings is 1. The van der Waals surface area contributed by atoms with Crippen molar-refractivity contribution in [2.75, 3.05) is 32.7 Å². The summed E-state index contributed by atoms with van der Waals surface area (Å²) in [6, 6.07) is 12.9. The number of rotatable bonds is 6. The van der Waals surface area contributed by atoms with E-state index < -0.39 is 0 Å². The van der Waals surface area contributed by atoms with Crippen LogP contribution in [0.3, 0.4) is 0 Å². The number of benzene rings is 1. The van der Waals surface area contributed by atoms with Gasteiger partial charge >= 0.3 is 0 Å².